The predicted molar refractivity (Wildman–Crippen MR) is 120 cm³/mol. The number of hydrogen-bond donors (Lipinski definition) is 3. The molecule has 32 heavy (non-hydrogen) atoms. The van der Waals surface area contributed by atoms with Crippen LogP contribution in [-0.2, 0) is 0 Å². The van der Waals surface area contributed by atoms with E-state index in [1.54, 1.807) is 36.8 Å². The molecule has 1 aliphatic heterocycles. The second kappa shape index (κ2) is 11.7. The van der Waals surface area contributed by atoms with Crippen molar-refractivity contribution in [3.8, 4) is 17.7 Å². The first-order valence-corrected chi connectivity index (χ1v) is 10.9. The molecule has 0 fully saturated rings. The molecule has 176 valence electrons. The van der Waals surface area contributed by atoms with Crippen molar-refractivity contribution in [2.75, 3.05) is 33.3 Å². The number of pyridine rings is 1. The summed E-state index contributed by atoms with van der Waals surface area (Å²) in [5, 5.41) is 22.0. The number of nitrogens with one attached hydrogen (secondary N) is 1. The van der Waals surface area contributed by atoms with Crippen molar-refractivity contribution in [2.24, 2.45) is 5.92 Å². The van der Waals surface area contributed by atoms with Gasteiger partial charge in [-0.2, -0.15) is 0 Å². The Hall–Kier alpha value is -2.83. The highest BCUT2D eigenvalue weighted by Crippen LogP contribution is 2.27. The molecule has 1 aliphatic rings. The van der Waals surface area contributed by atoms with Crippen LogP contribution in [0.2, 0.25) is 0 Å². The molecule has 1 aromatic heterocycles. The van der Waals surface area contributed by atoms with Crippen LogP contribution in [0.1, 0.15) is 50.0 Å². The third-order valence-electron chi connectivity index (χ3n) is 5.27. The van der Waals surface area contributed by atoms with Gasteiger partial charge in [0.05, 0.1) is 19.2 Å². The Labute approximate surface area is 189 Å². The SMILES string of the molecule is CCCNC(=O)N(C)C[C@H]1Oc2ncc(C#C[C@@H](C)O)cc2C(=O)N([C@H](C)CO)C[C@@H]1C. The number of urea groups is 1. The Morgan fingerprint density at radius 2 is 2.19 bits per heavy atom. The summed E-state index contributed by atoms with van der Waals surface area (Å²) in [7, 11) is 1.70. The van der Waals surface area contributed by atoms with E-state index in [9.17, 15) is 19.8 Å². The third-order valence-corrected chi connectivity index (χ3v) is 5.27. The summed E-state index contributed by atoms with van der Waals surface area (Å²) in [6.07, 6.45) is 1.09. The lowest BCUT2D eigenvalue weighted by atomic mass is 10.00. The van der Waals surface area contributed by atoms with Gasteiger partial charge in [0.1, 0.15) is 17.8 Å². The number of aliphatic hydroxyl groups excluding tert-OH is 2. The van der Waals surface area contributed by atoms with Crippen molar-refractivity contribution in [3.63, 3.8) is 0 Å². The van der Waals surface area contributed by atoms with Crippen LogP contribution >= 0.6 is 0 Å². The lowest BCUT2D eigenvalue weighted by molar-refractivity contribution is 0.0352. The molecule has 4 atom stereocenters. The summed E-state index contributed by atoms with van der Waals surface area (Å²) >= 11 is 0. The van der Waals surface area contributed by atoms with Crippen LogP contribution in [0.4, 0.5) is 4.79 Å². The normalized spacial score (nSPS) is 20.0. The molecule has 9 heteroatoms. The van der Waals surface area contributed by atoms with E-state index in [2.05, 4.69) is 22.1 Å². The molecule has 0 bridgehead atoms. The fraction of sp³-hybridized carbons (Fsp3) is 0.609. The minimum Gasteiger partial charge on any atom is -0.472 e. The first-order valence-electron chi connectivity index (χ1n) is 10.9. The van der Waals surface area contributed by atoms with Crippen molar-refractivity contribution in [2.45, 2.75) is 52.4 Å². The molecule has 0 spiro atoms. The van der Waals surface area contributed by atoms with E-state index in [-0.39, 0.29) is 35.9 Å². The van der Waals surface area contributed by atoms with Crippen LogP contribution in [0, 0.1) is 17.8 Å². The molecule has 2 heterocycles. The summed E-state index contributed by atoms with van der Waals surface area (Å²) in [5.74, 6) is 5.15. The maximum Gasteiger partial charge on any atom is 0.317 e. The van der Waals surface area contributed by atoms with Crippen molar-refractivity contribution >= 4 is 11.9 Å². The number of nitrogens with zero attached hydrogens (tertiary/aromatic N) is 3. The minimum atomic E-state index is -0.811. The van der Waals surface area contributed by atoms with E-state index in [1.807, 2.05) is 13.8 Å². The fourth-order valence-corrected chi connectivity index (χ4v) is 3.30. The number of carbonyl (C=O) groups excluding carboxylic acids is 2. The standard InChI is InChI=1S/C23H34N4O5/c1-6-9-24-23(31)26(5)13-20-15(2)12-27(16(3)14-28)22(30)19-10-18(8-7-17(4)29)11-25-21(19)32-20/h10-11,15-17,20,28-29H,6,9,12-14H2,1-5H3,(H,24,31)/t15-,16+,17+,20+/m0/s1. The van der Waals surface area contributed by atoms with E-state index in [0.717, 1.165) is 6.42 Å². The number of amides is 3. The second-order valence-electron chi connectivity index (χ2n) is 8.26. The smallest absolute Gasteiger partial charge is 0.317 e. The first kappa shape index (κ1) is 25.4. The highest BCUT2D eigenvalue weighted by Gasteiger charge is 2.34. The largest absolute Gasteiger partial charge is 0.472 e. The molecule has 2 rings (SSSR count). The van der Waals surface area contributed by atoms with Crippen LogP contribution in [0.5, 0.6) is 5.88 Å². The van der Waals surface area contributed by atoms with Gasteiger partial charge in [0.25, 0.3) is 5.91 Å². The summed E-state index contributed by atoms with van der Waals surface area (Å²) in [6, 6.07) is 0.981. The molecule has 3 N–H and O–H groups in total. The number of hydrogen-bond acceptors (Lipinski definition) is 6. The maximum atomic E-state index is 13.3. The van der Waals surface area contributed by atoms with Gasteiger partial charge >= 0.3 is 6.03 Å². The predicted octanol–water partition coefficient (Wildman–Crippen LogP) is 1.09. The molecule has 0 aromatic carbocycles. The number of rotatable bonds is 6. The quantitative estimate of drug-likeness (QED) is 0.564. The lowest BCUT2D eigenvalue weighted by Gasteiger charge is -2.37. The van der Waals surface area contributed by atoms with E-state index >= 15 is 0 Å². The Morgan fingerprint density at radius 3 is 2.81 bits per heavy atom. The Kier molecular flexibility index (Phi) is 9.29. The van der Waals surface area contributed by atoms with Crippen LogP contribution in [0.25, 0.3) is 0 Å². The first-order chi connectivity index (χ1) is 15.2. The van der Waals surface area contributed by atoms with Crippen molar-refractivity contribution in [3.05, 3.63) is 23.4 Å². The molecule has 1 aromatic rings. The second-order valence-corrected chi connectivity index (χ2v) is 8.26. The molecule has 3 amide bonds. The molecule has 0 saturated heterocycles. The monoisotopic (exact) mass is 446 g/mol. The highest BCUT2D eigenvalue weighted by molar-refractivity contribution is 5.97. The zero-order valence-corrected chi connectivity index (χ0v) is 19.5. The van der Waals surface area contributed by atoms with E-state index < -0.39 is 18.2 Å². The Balaban J connectivity index is 2.40. The number of ether oxygens (including phenoxy) is 1. The van der Waals surface area contributed by atoms with Gasteiger partial charge in [-0.1, -0.05) is 25.7 Å². The molecular formula is C23H34N4O5. The minimum absolute atomic E-state index is 0.126. The zero-order chi connectivity index (χ0) is 23.8. The molecular weight excluding hydrogens is 412 g/mol. The number of carbonyl (C=O) groups is 2. The summed E-state index contributed by atoms with van der Waals surface area (Å²) < 4.78 is 6.15. The van der Waals surface area contributed by atoms with Gasteiger partial charge in [-0.05, 0) is 26.3 Å². The molecule has 0 aliphatic carbocycles. The van der Waals surface area contributed by atoms with Gasteiger partial charge < -0.3 is 30.1 Å². The Bertz CT molecular complexity index is 864. The zero-order valence-electron chi connectivity index (χ0n) is 19.5. The number of aromatic nitrogens is 1. The average molecular weight is 447 g/mol. The van der Waals surface area contributed by atoms with Crippen molar-refractivity contribution < 1.29 is 24.5 Å². The summed E-state index contributed by atoms with van der Waals surface area (Å²) in [4.78, 5) is 33.1. The third kappa shape index (κ3) is 6.58. The van der Waals surface area contributed by atoms with Gasteiger partial charge in [0, 0.05) is 37.8 Å². The van der Waals surface area contributed by atoms with Gasteiger partial charge in [-0.25, -0.2) is 9.78 Å². The number of likely N-dealkylation sites (N-methyl/N-ethyl adjacent to an activating group) is 1. The topological polar surface area (TPSA) is 115 Å². The van der Waals surface area contributed by atoms with Gasteiger partial charge in [-0.3, -0.25) is 4.79 Å². The van der Waals surface area contributed by atoms with E-state index in [1.165, 1.54) is 6.20 Å². The van der Waals surface area contributed by atoms with Crippen LogP contribution < -0.4 is 10.1 Å². The van der Waals surface area contributed by atoms with Crippen LogP contribution in [-0.4, -0.2) is 88.5 Å². The molecule has 0 unspecified atom stereocenters. The van der Waals surface area contributed by atoms with Crippen LogP contribution in [0.3, 0.4) is 0 Å². The molecule has 0 saturated carbocycles. The number of fused-ring (bicyclic) bond motifs is 1. The van der Waals surface area contributed by atoms with Gasteiger partial charge in [0.15, 0.2) is 0 Å². The van der Waals surface area contributed by atoms with Gasteiger partial charge in [-0.15, -0.1) is 0 Å². The van der Waals surface area contributed by atoms with E-state index in [4.69, 9.17) is 4.74 Å². The highest BCUT2D eigenvalue weighted by atomic mass is 16.5. The fourth-order valence-electron chi connectivity index (χ4n) is 3.30. The Morgan fingerprint density at radius 1 is 1.47 bits per heavy atom. The average Bonchev–Trinajstić information content (AvgIpc) is 2.77. The van der Waals surface area contributed by atoms with E-state index in [0.29, 0.717) is 25.2 Å². The summed E-state index contributed by atoms with van der Waals surface area (Å²) in [6.45, 7) is 8.30. The van der Waals surface area contributed by atoms with Crippen LogP contribution in [0.15, 0.2) is 12.3 Å². The van der Waals surface area contributed by atoms with Gasteiger partial charge in [0.2, 0.25) is 5.88 Å². The molecule has 9 nitrogen and oxygen atoms in total. The van der Waals surface area contributed by atoms with Crippen molar-refractivity contribution in [1.82, 2.24) is 20.1 Å². The lowest BCUT2D eigenvalue weighted by Crippen LogP contribution is -2.51. The maximum absolute atomic E-state index is 13.3. The summed E-state index contributed by atoms with van der Waals surface area (Å²) in [5.41, 5.74) is 0.706. The van der Waals surface area contributed by atoms with Crippen molar-refractivity contribution in [1.29, 1.82) is 0 Å². The molecule has 0 radical (unpaired) electrons. The number of aliphatic hydroxyl groups is 2.